The van der Waals surface area contributed by atoms with Crippen LogP contribution in [0.3, 0.4) is 0 Å². The molecule has 0 radical (unpaired) electrons. The van der Waals surface area contributed by atoms with Crippen molar-refractivity contribution in [1.29, 1.82) is 0 Å². The van der Waals surface area contributed by atoms with Gasteiger partial charge in [-0.2, -0.15) is 0 Å². The topological polar surface area (TPSA) is 96.0 Å². The predicted octanol–water partition coefficient (Wildman–Crippen LogP) is 5.23. The van der Waals surface area contributed by atoms with Crippen LogP contribution in [0.1, 0.15) is 50.3 Å². The van der Waals surface area contributed by atoms with Crippen LogP contribution in [0.5, 0.6) is 5.75 Å². The molecule has 0 heterocycles. The number of carbonyl (C=O) groups excluding carboxylic acids is 2. The van der Waals surface area contributed by atoms with Crippen molar-refractivity contribution in [1.82, 2.24) is 10.2 Å². The van der Waals surface area contributed by atoms with E-state index in [0.717, 1.165) is 33.8 Å². The highest BCUT2D eigenvalue weighted by molar-refractivity contribution is 7.92. The first kappa shape index (κ1) is 31.7. The number of nitrogens with one attached hydrogen (secondary N) is 1. The van der Waals surface area contributed by atoms with Gasteiger partial charge in [0.25, 0.3) is 10.0 Å². The minimum Gasteiger partial charge on any atom is -0.494 e. The number of sulfonamides is 1. The maximum Gasteiger partial charge on any atom is 0.264 e. The highest BCUT2D eigenvalue weighted by atomic mass is 32.2. The second-order valence-electron chi connectivity index (χ2n) is 10.1. The lowest BCUT2D eigenvalue weighted by molar-refractivity contribution is -0.139. The zero-order valence-corrected chi connectivity index (χ0v) is 25.4. The van der Waals surface area contributed by atoms with E-state index >= 15 is 0 Å². The summed E-state index contributed by atoms with van der Waals surface area (Å²) in [7, 11) is -4.14. The maximum atomic E-state index is 14.0. The third kappa shape index (κ3) is 8.57. The number of unbranched alkanes of at least 4 members (excludes halogenated alkanes) is 1. The van der Waals surface area contributed by atoms with Gasteiger partial charge in [0.15, 0.2) is 0 Å². The lowest BCUT2D eigenvalue weighted by Crippen LogP contribution is -2.51. The van der Waals surface area contributed by atoms with Gasteiger partial charge in [-0.3, -0.25) is 13.9 Å². The highest BCUT2D eigenvalue weighted by Crippen LogP contribution is 2.26. The van der Waals surface area contributed by atoms with Crippen LogP contribution in [0, 0.1) is 13.8 Å². The van der Waals surface area contributed by atoms with Gasteiger partial charge in [0.1, 0.15) is 18.3 Å². The van der Waals surface area contributed by atoms with Gasteiger partial charge < -0.3 is 15.0 Å². The number of anilines is 1. The standard InChI is InChI=1S/C32H41N3O5S/c1-6-8-20-33-32(37)26(5)34(22-27-11-9-10-25(4)21-27)31(36)23-35(28-14-12-24(3)13-15-28)41(38,39)30-18-16-29(17-19-30)40-7-2/h9-19,21,26H,6-8,20,22-23H2,1-5H3,(H,33,37)/t26-/m1/s1. The molecule has 3 aromatic rings. The fraction of sp³-hybridized carbons (Fsp3) is 0.375. The van der Waals surface area contributed by atoms with Crippen molar-refractivity contribution in [3.63, 3.8) is 0 Å². The summed E-state index contributed by atoms with van der Waals surface area (Å²) in [6, 6.07) is 20.0. The summed E-state index contributed by atoms with van der Waals surface area (Å²) < 4.78 is 34.5. The lowest BCUT2D eigenvalue weighted by atomic mass is 10.1. The van der Waals surface area contributed by atoms with Gasteiger partial charge in [-0.05, 0) is 76.1 Å². The molecule has 1 N–H and O–H groups in total. The van der Waals surface area contributed by atoms with Gasteiger partial charge in [-0.25, -0.2) is 8.42 Å². The Morgan fingerprint density at radius 3 is 2.22 bits per heavy atom. The number of hydrogen-bond donors (Lipinski definition) is 1. The van der Waals surface area contributed by atoms with Gasteiger partial charge in [0.05, 0.1) is 17.2 Å². The first-order chi connectivity index (χ1) is 19.6. The van der Waals surface area contributed by atoms with Crippen LogP contribution in [-0.2, 0) is 26.2 Å². The van der Waals surface area contributed by atoms with E-state index in [-0.39, 0.29) is 17.3 Å². The molecule has 0 aliphatic carbocycles. The summed E-state index contributed by atoms with van der Waals surface area (Å²) in [6.45, 7) is 10.1. The maximum absolute atomic E-state index is 14.0. The SMILES string of the molecule is CCCCNC(=O)[C@@H](C)N(Cc1cccc(C)c1)C(=O)CN(c1ccc(C)cc1)S(=O)(=O)c1ccc(OCC)cc1. The molecule has 9 heteroatoms. The van der Waals surface area contributed by atoms with Crippen molar-refractivity contribution >= 4 is 27.5 Å². The summed E-state index contributed by atoms with van der Waals surface area (Å²) in [5, 5.41) is 2.90. The quantitative estimate of drug-likeness (QED) is 0.264. The molecule has 0 saturated heterocycles. The molecule has 1 atom stereocenters. The van der Waals surface area contributed by atoms with Gasteiger partial charge in [-0.1, -0.05) is 60.9 Å². The molecule has 0 aliphatic rings. The highest BCUT2D eigenvalue weighted by Gasteiger charge is 2.32. The average molecular weight is 580 g/mol. The Bertz CT molecular complexity index is 1410. The van der Waals surface area contributed by atoms with Gasteiger partial charge in [0.2, 0.25) is 11.8 Å². The van der Waals surface area contributed by atoms with Crippen LogP contribution in [0.2, 0.25) is 0 Å². The van der Waals surface area contributed by atoms with E-state index in [1.54, 1.807) is 43.3 Å². The van der Waals surface area contributed by atoms with Crippen LogP contribution in [-0.4, -0.2) is 50.9 Å². The van der Waals surface area contributed by atoms with Gasteiger partial charge in [0, 0.05) is 13.1 Å². The molecule has 3 aromatic carbocycles. The van der Waals surface area contributed by atoms with Crippen LogP contribution in [0.25, 0.3) is 0 Å². The number of aryl methyl sites for hydroxylation is 2. The number of nitrogens with zero attached hydrogens (tertiary/aromatic N) is 2. The minimum atomic E-state index is -4.14. The van der Waals surface area contributed by atoms with Crippen LogP contribution in [0.15, 0.2) is 77.7 Å². The van der Waals surface area contributed by atoms with Crippen LogP contribution in [0.4, 0.5) is 5.69 Å². The molecular formula is C32H41N3O5S. The van der Waals surface area contributed by atoms with Crippen LogP contribution < -0.4 is 14.4 Å². The molecule has 41 heavy (non-hydrogen) atoms. The largest absolute Gasteiger partial charge is 0.494 e. The molecule has 2 amide bonds. The molecule has 0 aromatic heterocycles. The van der Waals surface area contributed by atoms with Gasteiger partial charge in [-0.15, -0.1) is 0 Å². The molecule has 8 nitrogen and oxygen atoms in total. The molecule has 0 fully saturated rings. The Balaban J connectivity index is 1.99. The number of hydrogen-bond acceptors (Lipinski definition) is 5. The lowest BCUT2D eigenvalue weighted by Gasteiger charge is -2.32. The summed E-state index contributed by atoms with van der Waals surface area (Å²) >= 11 is 0. The number of carbonyl (C=O) groups is 2. The molecule has 0 saturated carbocycles. The molecule has 0 bridgehead atoms. The van der Waals surface area contributed by atoms with E-state index in [4.69, 9.17) is 4.74 Å². The smallest absolute Gasteiger partial charge is 0.264 e. The van der Waals surface area contributed by atoms with Gasteiger partial charge >= 0.3 is 0 Å². The second kappa shape index (κ2) is 14.7. The fourth-order valence-electron chi connectivity index (χ4n) is 4.37. The zero-order chi connectivity index (χ0) is 30.0. The normalized spacial score (nSPS) is 11.9. The van der Waals surface area contributed by atoms with Crippen molar-refractivity contribution < 1.29 is 22.7 Å². The minimum absolute atomic E-state index is 0.0323. The number of benzene rings is 3. The molecule has 3 rings (SSSR count). The Morgan fingerprint density at radius 1 is 0.927 bits per heavy atom. The number of rotatable bonds is 14. The molecular weight excluding hydrogens is 538 g/mol. The van der Waals surface area contributed by atoms with E-state index in [1.165, 1.54) is 17.0 Å². The van der Waals surface area contributed by atoms with E-state index in [1.807, 2.05) is 52.0 Å². The Kier molecular flexibility index (Phi) is 11.3. The molecule has 220 valence electrons. The predicted molar refractivity (Wildman–Crippen MR) is 162 cm³/mol. The zero-order valence-electron chi connectivity index (χ0n) is 24.6. The van der Waals surface area contributed by atoms with E-state index < -0.39 is 28.5 Å². The van der Waals surface area contributed by atoms with Crippen molar-refractivity contribution in [3.05, 3.63) is 89.5 Å². The third-order valence-electron chi connectivity index (χ3n) is 6.76. The molecule has 0 unspecified atom stereocenters. The summed E-state index contributed by atoms with van der Waals surface area (Å²) in [4.78, 5) is 28.5. The van der Waals surface area contributed by atoms with Crippen molar-refractivity contribution in [3.8, 4) is 5.75 Å². The van der Waals surface area contributed by atoms with Crippen molar-refractivity contribution in [2.75, 3.05) is 24.0 Å². The summed E-state index contributed by atoms with van der Waals surface area (Å²) in [5.41, 5.74) is 3.18. The summed E-state index contributed by atoms with van der Waals surface area (Å²) in [6.07, 6.45) is 1.75. The van der Waals surface area contributed by atoms with Crippen molar-refractivity contribution in [2.45, 2.75) is 64.9 Å². The Hall–Kier alpha value is -3.85. The fourth-order valence-corrected chi connectivity index (χ4v) is 5.78. The van der Waals surface area contributed by atoms with Crippen molar-refractivity contribution in [2.24, 2.45) is 0 Å². The van der Waals surface area contributed by atoms with E-state index in [2.05, 4.69) is 5.32 Å². The molecule has 0 spiro atoms. The monoisotopic (exact) mass is 579 g/mol. The third-order valence-corrected chi connectivity index (χ3v) is 8.54. The number of amides is 2. The van der Waals surface area contributed by atoms with E-state index in [9.17, 15) is 18.0 Å². The molecule has 0 aliphatic heterocycles. The first-order valence-electron chi connectivity index (χ1n) is 14.0. The Labute approximate surface area is 244 Å². The Morgan fingerprint density at radius 2 is 1.61 bits per heavy atom. The summed E-state index contributed by atoms with van der Waals surface area (Å²) in [5.74, 6) is -0.216. The average Bonchev–Trinajstić information content (AvgIpc) is 2.95. The van der Waals surface area contributed by atoms with Crippen LogP contribution >= 0.6 is 0 Å². The number of ether oxygens (including phenoxy) is 1. The first-order valence-corrected chi connectivity index (χ1v) is 15.5. The van der Waals surface area contributed by atoms with E-state index in [0.29, 0.717) is 24.6 Å². The second-order valence-corrected chi connectivity index (χ2v) is 11.9.